The molecule has 0 aromatic heterocycles. The number of nitrogens with one attached hydrogen (secondary N) is 1. The van der Waals surface area contributed by atoms with Crippen LogP contribution in [0.1, 0.15) is 201 Å². The SMILES string of the molecule is C=C(NC(CC)CCCCCCCCCCCCCCCC)C(O)CCCCCCCCCCCCC. The number of unbranched alkanes of at least 4 members (excludes halogenated alkanes) is 23. The quantitative estimate of drug-likeness (QED) is 0.0889. The molecule has 0 saturated carbocycles. The predicted octanol–water partition coefficient (Wildman–Crippen LogP) is 11.8. The van der Waals surface area contributed by atoms with Crippen molar-refractivity contribution in [2.24, 2.45) is 0 Å². The van der Waals surface area contributed by atoms with Crippen LogP contribution in [0.25, 0.3) is 0 Å². The Balaban J connectivity index is 3.55. The van der Waals surface area contributed by atoms with Crippen molar-refractivity contribution in [3.05, 3.63) is 12.3 Å². The van der Waals surface area contributed by atoms with Crippen LogP contribution in [0.5, 0.6) is 0 Å². The molecule has 0 fully saturated rings. The molecule has 222 valence electrons. The van der Waals surface area contributed by atoms with Gasteiger partial charge < -0.3 is 10.4 Å². The molecule has 0 bridgehead atoms. The minimum atomic E-state index is -0.385. The topological polar surface area (TPSA) is 32.3 Å². The second-order valence-corrected chi connectivity index (χ2v) is 12.0. The summed E-state index contributed by atoms with van der Waals surface area (Å²) in [4.78, 5) is 0. The van der Waals surface area contributed by atoms with Gasteiger partial charge in [0, 0.05) is 11.7 Å². The molecule has 0 aromatic rings. The molecule has 0 saturated heterocycles. The maximum Gasteiger partial charge on any atom is 0.0928 e. The summed E-state index contributed by atoms with van der Waals surface area (Å²) in [6.45, 7) is 11.0. The zero-order valence-corrected chi connectivity index (χ0v) is 26.1. The zero-order valence-electron chi connectivity index (χ0n) is 26.1. The first-order chi connectivity index (χ1) is 18.2. The van der Waals surface area contributed by atoms with Crippen molar-refractivity contribution in [2.45, 2.75) is 213 Å². The van der Waals surface area contributed by atoms with Crippen LogP contribution in [-0.4, -0.2) is 17.3 Å². The largest absolute Gasteiger partial charge is 0.387 e. The number of hydrogen-bond donors (Lipinski definition) is 2. The Bertz CT molecular complexity index is 449. The average Bonchev–Trinajstić information content (AvgIpc) is 2.90. The molecule has 0 heterocycles. The average molecular weight is 522 g/mol. The zero-order chi connectivity index (χ0) is 27.2. The fourth-order valence-electron chi connectivity index (χ4n) is 5.50. The lowest BCUT2D eigenvalue weighted by atomic mass is 10.0. The van der Waals surface area contributed by atoms with Gasteiger partial charge in [0.2, 0.25) is 0 Å². The molecule has 0 rings (SSSR count). The number of aliphatic hydroxyl groups excluding tert-OH is 1. The highest BCUT2D eigenvalue weighted by molar-refractivity contribution is 5.00. The highest BCUT2D eigenvalue weighted by Crippen LogP contribution is 2.17. The van der Waals surface area contributed by atoms with E-state index in [4.69, 9.17) is 0 Å². The third-order valence-electron chi connectivity index (χ3n) is 8.27. The van der Waals surface area contributed by atoms with Gasteiger partial charge in [0.15, 0.2) is 0 Å². The molecule has 0 aromatic carbocycles. The highest BCUT2D eigenvalue weighted by atomic mass is 16.3. The van der Waals surface area contributed by atoms with Crippen molar-refractivity contribution in [2.75, 3.05) is 0 Å². The third-order valence-corrected chi connectivity index (χ3v) is 8.27. The van der Waals surface area contributed by atoms with Gasteiger partial charge in [-0.15, -0.1) is 0 Å². The smallest absolute Gasteiger partial charge is 0.0928 e. The highest BCUT2D eigenvalue weighted by Gasteiger charge is 2.13. The molecule has 0 amide bonds. The standard InChI is InChI=1S/C35H71NO/c1-5-8-10-12-14-16-18-19-20-22-23-25-27-29-31-34(7-3)36-33(4)35(37)32-30-28-26-24-21-17-15-13-11-9-6-2/h34-37H,4-32H2,1-3H3. The Kier molecular flexibility index (Phi) is 29.6. The summed E-state index contributed by atoms with van der Waals surface area (Å²) < 4.78 is 0. The lowest BCUT2D eigenvalue weighted by Crippen LogP contribution is -2.32. The molecule has 2 heteroatoms. The number of hydrogen-bond acceptors (Lipinski definition) is 2. The van der Waals surface area contributed by atoms with E-state index >= 15 is 0 Å². The second-order valence-electron chi connectivity index (χ2n) is 12.0. The molecule has 2 atom stereocenters. The van der Waals surface area contributed by atoms with Crippen LogP contribution in [-0.2, 0) is 0 Å². The van der Waals surface area contributed by atoms with Crippen molar-refractivity contribution in [1.29, 1.82) is 0 Å². The summed E-state index contributed by atoms with van der Waals surface area (Å²) >= 11 is 0. The fourth-order valence-corrected chi connectivity index (χ4v) is 5.50. The molecule has 2 N–H and O–H groups in total. The molecule has 37 heavy (non-hydrogen) atoms. The molecule has 0 aliphatic rings. The van der Waals surface area contributed by atoms with E-state index in [0.717, 1.165) is 25.0 Å². The van der Waals surface area contributed by atoms with Gasteiger partial charge in [0.1, 0.15) is 0 Å². The van der Waals surface area contributed by atoms with Gasteiger partial charge in [-0.25, -0.2) is 0 Å². The summed E-state index contributed by atoms with van der Waals surface area (Å²) in [6.07, 6.45) is 37.4. The number of aliphatic hydroxyl groups is 1. The minimum absolute atomic E-state index is 0.385. The monoisotopic (exact) mass is 522 g/mol. The van der Waals surface area contributed by atoms with Crippen LogP contribution >= 0.6 is 0 Å². The van der Waals surface area contributed by atoms with E-state index in [1.807, 2.05) is 0 Å². The van der Waals surface area contributed by atoms with Gasteiger partial charge in [0.05, 0.1) is 6.10 Å². The van der Waals surface area contributed by atoms with Crippen LogP contribution in [0.2, 0.25) is 0 Å². The lowest BCUT2D eigenvalue weighted by Gasteiger charge is -2.23. The van der Waals surface area contributed by atoms with E-state index in [-0.39, 0.29) is 6.10 Å². The van der Waals surface area contributed by atoms with Crippen LogP contribution in [0.3, 0.4) is 0 Å². The Labute approximate surface area is 235 Å². The van der Waals surface area contributed by atoms with Gasteiger partial charge in [-0.05, 0) is 19.3 Å². The maximum atomic E-state index is 10.5. The predicted molar refractivity (Wildman–Crippen MR) is 168 cm³/mol. The Morgan fingerprint density at radius 2 is 0.784 bits per heavy atom. The molecular formula is C35H71NO. The molecule has 2 nitrogen and oxygen atoms in total. The van der Waals surface area contributed by atoms with Crippen molar-refractivity contribution < 1.29 is 5.11 Å². The second kappa shape index (κ2) is 30.0. The van der Waals surface area contributed by atoms with Gasteiger partial charge in [0.25, 0.3) is 0 Å². The van der Waals surface area contributed by atoms with E-state index in [0.29, 0.717) is 6.04 Å². The van der Waals surface area contributed by atoms with E-state index in [9.17, 15) is 5.11 Å². The van der Waals surface area contributed by atoms with Crippen molar-refractivity contribution >= 4 is 0 Å². The van der Waals surface area contributed by atoms with Crippen molar-refractivity contribution in [3.63, 3.8) is 0 Å². The van der Waals surface area contributed by atoms with Crippen LogP contribution in [0.4, 0.5) is 0 Å². The summed E-state index contributed by atoms with van der Waals surface area (Å²) in [5.41, 5.74) is 0.851. The van der Waals surface area contributed by atoms with Gasteiger partial charge in [-0.2, -0.15) is 0 Å². The molecule has 0 radical (unpaired) electrons. The maximum absolute atomic E-state index is 10.5. The normalized spacial score (nSPS) is 13.1. The van der Waals surface area contributed by atoms with E-state index in [2.05, 4.69) is 32.7 Å². The molecule has 0 aliphatic carbocycles. The first-order valence-electron chi connectivity index (χ1n) is 17.3. The molecule has 0 spiro atoms. The van der Waals surface area contributed by atoms with Crippen LogP contribution in [0.15, 0.2) is 12.3 Å². The lowest BCUT2D eigenvalue weighted by molar-refractivity contribution is 0.184. The molecule has 2 unspecified atom stereocenters. The van der Waals surface area contributed by atoms with Gasteiger partial charge in [-0.3, -0.25) is 0 Å². The first kappa shape index (κ1) is 36.5. The summed E-state index contributed by atoms with van der Waals surface area (Å²) in [6, 6.07) is 0.469. The van der Waals surface area contributed by atoms with Gasteiger partial charge >= 0.3 is 0 Å². The van der Waals surface area contributed by atoms with Crippen molar-refractivity contribution in [1.82, 2.24) is 5.32 Å². The Hall–Kier alpha value is -0.500. The first-order valence-corrected chi connectivity index (χ1v) is 17.3. The summed E-state index contributed by atoms with van der Waals surface area (Å²) in [5, 5.41) is 14.1. The fraction of sp³-hybridized carbons (Fsp3) is 0.943. The third kappa shape index (κ3) is 26.9. The summed E-state index contributed by atoms with van der Waals surface area (Å²) in [7, 11) is 0. The van der Waals surface area contributed by atoms with E-state index in [1.165, 1.54) is 161 Å². The van der Waals surface area contributed by atoms with Crippen molar-refractivity contribution in [3.8, 4) is 0 Å². The molecular weight excluding hydrogens is 450 g/mol. The van der Waals surface area contributed by atoms with Crippen LogP contribution < -0.4 is 5.32 Å². The summed E-state index contributed by atoms with van der Waals surface area (Å²) in [5.74, 6) is 0. The van der Waals surface area contributed by atoms with Gasteiger partial charge in [-0.1, -0.05) is 188 Å². The van der Waals surface area contributed by atoms with Crippen LogP contribution in [0, 0.1) is 0 Å². The molecule has 0 aliphatic heterocycles. The van der Waals surface area contributed by atoms with E-state index in [1.54, 1.807) is 0 Å². The number of rotatable bonds is 31. The van der Waals surface area contributed by atoms with E-state index < -0.39 is 0 Å². The Morgan fingerprint density at radius 1 is 0.486 bits per heavy atom. The Morgan fingerprint density at radius 3 is 1.11 bits per heavy atom. The minimum Gasteiger partial charge on any atom is -0.387 e.